The highest BCUT2D eigenvalue weighted by molar-refractivity contribution is 8.00. The molecule has 0 fully saturated rings. The Hall–Kier alpha value is -1.04. The lowest BCUT2D eigenvalue weighted by molar-refractivity contribution is 0.597. The van der Waals surface area contributed by atoms with Gasteiger partial charge in [0, 0.05) is 5.92 Å². The molecule has 1 aliphatic heterocycles. The summed E-state index contributed by atoms with van der Waals surface area (Å²) in [6.07, 6.45) is 1.81. The molecule has 0 radical (unpaired) electrons. The van der Waals surface area contributed by atoms with E-state index in [0.717, 1.165) is 0 Å². The van der Waals surface area contributed by atoms with Crippen molar-refractivity contribution in [1.29, 1.82) is 5.26 Å². The van der Waals surface area contributed by atoms with Crippen molar-refractivity contribution >= 4 is 44.0 Å². The molecule has 0 spiro atoms. The van der Waals surface area contributed by atoms with E-state index in [-0.39, 0.29) is 16.4 Å². The van der Waals surface area contributed by atoms with Crippen molar-refractivity contribution in [3.8, 4) is 6.07 Å². The summed E-state index contributed by atoms with van der Waals surface area (Å²) < 4.78 is 28.7. The zero-order chi connectivity index (χ0) is 13.5. The second-order valence-corrected chi connectivity index (χ2v) is 7.61. The van der Waals surface area contributed by atoms with Crippen molar-refractivity contribution < 1.29 is 8.42 Å². The molecular weight excluding hydrogens is 290 g/mol. The molecule has 8 heteroatoms. The van der Waals surface area contributed by atoms with E-state index in [1.54, 1.807) is 0 Å². The smallest absolute Gasteiger partial charge is 0.288 e. The Morgan fingerprint density at radius 3 is 2.67 bits per heavy atom. The summed E-state index contributed by atoms with van der Waals surface area (Å²) in [5.41, 5.74) is 0.196. The van der Waals surface area contributed by atoms with Crippen molar-refractivity contribution in [2.24, 2.45) is 10.3 Å². The Kier molecular flexibility index (Phi) is 3.40. The number of thioether (sulfide) groups is 1. The number of fused-ring (bicyclic) bond motifs is 1. The second kappa shape index (κ2) is 4.57. The minimum absolute atomic E-state index is 0.0155. The summed E-state index contributed by atoms with van der Waals surface area (Å²) in [4.78, 5) is 0.0174. The first-order valence-electron chi connectivity index (χ1n) is 5.13. The Morgan fingerprint density at radius 2 is 2.17 bits per heavy atom. The van der Waals surface area contributed by atoms with Gasteiger partial charge >= 0.3 is 0 Å². The molecule has 1 aromatic rings. The highest BCUT2D eigenvalue weighted by Gasteiger charge is 2.33. The van der Waals surface area contributed by atoms with Crippen LogP contribution in [0.2, 0.25) is 0 Å². The molecule has 2 heterocycles. The number of sulfonamides is 1. The minimum Gasteiger partial charge on any atom is -0.333 e. The molecule has 0 saturated heterocycles. The normalized spacial score (nSPS) is 16.7. The van der Waals surface area contributed by atoms with Crippen LogP contribution in [-0.2, 0) is 10.0 Å². The van der Waals surface area contributed by atoms with Gasteiger partial charge in [-0.1, -0.05) is 13.8 Å². The van der Waals surface area contributed by atoms with E-state index in [0.29, 0.717) is 15.0 Å². The van der Waals surface area contributed by atoms with Gasteiger partial charge in [-0.05, 0) is 6.26 Å². The average Bonchev–Trinajstić information content (AvgIpc) is 2.66. The predicted octanol–water partition coefficient (Wildman–Crippen LogP) is 2.51. The minimum atomic E-state index is -3.77. The molecule has 0 atom stereocenters. The Labute approximate surface area is 114 Å². The number of nitrogens with zero attached hydrogens (tertiary/aromatic N) is 2. The van der Waals surface area contributed by atoms with E-state index in [2.05, 4.69) is 9.71 Å². The van der Waals surface area contributed by atoms with Gasteiger partial charge < -0.3 is 5.32 Å². The monoisotopic (exact) mass is 301 g/mol. The maximum Gasteiger partial charge on any atom is 0.288 e. The van der Waals surface area contributed by atoms with Crippen LogP contribution in [0.15, 0.2) is 13.5 Å². The number of nitriles is 1. The molecular formula is C10H11N3O2S3. The topological polar surface area (TPSA) is 82.3 Å². The second-order valence-electron chi connectivity index (χ2n) is 3.97. The maximum absolute atomic E-state index is 12.1. The van der Waals surface area contributed by atoms with Gasteiger partial charge in [-0.2, -0.15) is 13.7 Å². The fourth-order valence-electron chi connectivity index (χ4n) is 1.53. The van der Waals surface area contributed by atoms with E-state index in [9.17, 15) is 8.42 Å². The molecule has 0 amide bonds. The lowest BCUT2D eigenvalue weighted by Crippen LogP contribution is -2.24. The standard InChI is InChI=1S/C10H11N3O2S3/c1-5(2)8-12-9-7(18(14,15)13-8)6(4-11)10(16-3)17-9/h5H,1-3H3,(H,12,13). The van der Waals surface area contributed by atoms with Gasteiger partial charge in [-0.3, -0.25) is 0 Å². The van der Waals surface area contributed by atoms with Crippen LogP contribution in [-0.4, -0.2) is 20.5 Å². The molecule has 1 N–H and O–H groups in total. The van der Waals surface area contributed by atoms with Gasteiger partial charge in [-0.15, -0.1) is 27.5 Å². The molecule has 2 rings (SSSR count). The lowest BCUT2D eigenvalue weighted by atomic mass is 10.2. The molecule has 0 aromatic carbocycles. The fourth-order valence-corrected chi connectivity index (χ4v) is 5.12. The average molecular weight is 301 g/mol. The van der Waals surface area contributed by atoms with E-state index < -0.39 is 10.0 Å². The molecule has 96 valence electrons. The van der Waals surface area contributed by atoms with Crippen LogP contribution < -0.4 is 5.32 Å². The van der Waals surface area contributed by atoms with Crippen LogP contribution in [0.3, 0.4) is 0 Å². The van der Waals surface area contributed by atoms with Gasteiger partial charge in [0.05, 0.1) is 9.77 Å². The third-order valence-electron chi connectivity index (χ3n) is 2.39. The van der Waals surface area contributed by atoms with Gasteiger partial charge in [0.2, 0.25) is 0 Å². The van der Waals surface area contributed by atoms with E-state index >= 15 is 0 Å². The molecule has 5 nitrogen and oxygen atoms in total. The van der Waals surface area contributed by atoms with Crippen LogP contribution in [0.5, 0.6) is 0 Å². The number of amidine groups is 1. The first-order valence-corrected chi connectivity index (χ1v) is 8.61. The zero-order valence-electron chi connectivity index (χ0n) is 10.0. The lowest BCUT2D eigenvalue weighted by Gasteiger charge is -2.17. The number of thiophene rings is 1. The van der Waals surface area contributed by atoms with E-state index in [1.807, 2.05) is 26.2 Å². The Balaban J connectivity index is 2.69. The number of rotatable bonds is 2. The summed E-state index contributed by atoms with van der Waals surface area (Å²) >= 11 is 2.64. The van der Waals surface area contributed by atoms with Crippen LogP contribution in [0, 0.1) is 17.2 Å². The van der Waals surface area contributed by atoms with Gasteiger partial charge in [-0.25, -0.2) is 0 Å². The molecule has 0 unspecified atom stereocenters. The summed E-state index contributed by atoms with van der Waals surface area (Å²) in [5, 5.41) is 12.6. The predicted molar refractivity (Wildman–Crippen MR) is 73.9 cm³/mol. The number of anilines is 1. The number of hydrogen-bond acceptors (Lipinski definition) is 6. The fraction of sp³-hybridized carbons (Fsp3) is 0.400. The van der Waals surface area contributed by atoms with Gasteiger partial charge in [0.1, 0.15) is 21.8 Å². The first-order chi connectivity index (χ1) is 8.40. The van der Waals surface area contributed by atoms with Crippen LogP contribution in [0.25, 0.3) is 0 Å². The molecule has 0 aliphatic carbocycles. The molecule has 0 bridgehead atoms. The summed E-state index contributed by atoms with van der Waals surface area (Å²) in [6.45, 7) is 3.72. The van der Waals surface area contributed by atoms with Gasteiger partial charge in [0.25, 0.3) is 10.0 Å². The van der Waals surface area contributed by atoms with Crippen LogP contribution >= 0.6 is 23.1 Å². The molecule has 1 aliphatic rings. The van der Waals surface area contributed by atoms with E-state index in [4.69, 9.17) is 5.26 Å². The molecule has 18 heavy (non-hydrogen) atoms. The summed E-state index contributed by atoms with van der Waals surface area (Å²) in [5.74, 6) is 0.402. The van der Waals surface area contributed by atoms with Crippen LogP contribution in [0.1, 0.15) is 19.4 Å². The quantitative estimate of drug-likeness (QED) is 0.849. The van der Waals surface area contributed by atoms with Gasteiger partial charge in [0.15, 0.2) is 0 Å². The third kappa shape index (κ3) is 2.02. The molecule has 0 saturated carbocycles. The molecule has 1 aromatic heterocycles. The number of hydrogen-bond donors (Lipinski definition) is 1. The van der Waals surface area contributed by atoms with Crippen molar-refractivity contribution in [2.75, 3.05) is 11.6 Å². The largest absolute Gasteiger partial charge is 0.333 e. The van der Waals surface area contributed by atoms with E-state index in [1.165, 1.54) is 23.1 Å². The first kappa shape index (κ1) is 13.4. The Bertz CT molecular complexity index is 665. The van der Waals surface area contributed by atoms with Crippen molar-refractivity contribution in [3.63, 3.8) is 0 Å². The van der Waals surface area contributed by atoms with Crippen LogP contribution in [0.4, 0.5) is 5.00 Å². The SMILES string of the molecule is CSc1sc2c(c1C#N)S(=O)(=O)N=C(C(C)C)N2. The highest BCUT2D eigenvalue weighted by atomic mass is 32.2. The Morgan fingerprint density at radius 1 is 1.50 bits per heavy atom. The maximum atomic E-state index is 12.1. The van der Waals surface area contributed by atoms with Crippen molar-refractivity contribution in [3.05, 3.63) is 5.56 Å². The zero-order valence-corrected chi connectivity index (χ0v) is 12.5. The van der Waals surface area contributed by atoms with Crippen molar-refractivity contribution in [1.82, 2.24) is 0 Å². The summed E-state index contributed by atoms with van der Waals surface area (Å²) in [7, 11) is -3.77. The number of nitrogens with one attached hydrogen (secondary N) is 1. The van der Waals surface area contributed by atoms with Crippen molar-refractivity contribution in [2.45, 2.75) is 23.0 Å². The third-order valence-corrected chi connectivity index (χ3v) is 6.11. The highest BCUT2D eigenvalue weighted by Crippen LogP contribution is 2.43. The summed E-state index contributed by atoms with van der Waals surface area (Å²) in [6, 6.07) is 1.96.